The van der Waals surface area contributed by atoms with Crippen LogP contribution in [-0.4, -0.2) is 35.3 Å². The van der Waals surface area contributed by atoms with E-state index in [2.05, 4.69) is 5.32 Å². The standard InChI is InChI=1S/C27H25F2N3O3/c1-2-18-5-11-22(12-6-18)30-25(33)17-24-26(34)32(23-13-9-21(29)10-14-23)27(35)31(24)16-15-19-3-7-20(28)8-4-19/h3-14,24H,2,15-17H2,1H3,(H,30,33). The molecule has 1 N–H and O–H groups in total. The molecule has 0 bridgehead atoms. The average molecular weight is 478 g/mol. The molecule has 0 aromatic heterocycles. The van der Waals surface area contributed by atoms with Crippen LogP contribution in [0.15, 0.2) is 72.8 Å². The van der Waals surface area contributed by atoms with E-state index in [9.17, 15) is 23.2 Å². The molecule has 1 heterocycles. The normalized spacial score (nSPS) is 15.6. The zero-order valence-electron chi connectivity index (χ0n) is 19.2. The molecular weight excluding hydrogens is 452 g/mol. The Hall–Kier alpha value is -4.07. The van der Waals surface area contributed by atoms with E-state index in [1.54, 1.807) is 24.3 Å². The molecule has 0 radical (unpaired) electrons. The first kappa shape index (κ1) is 24.1. The maximum absolute atomic E-state index is 13.4. The van der Waals surface area contributed by atoms with Crippen molar-refractivity contribution < 1.29 is 23.2 Å². The van der Waals surface area contributed by atoms with Gasteiger partial charge in [-0.1, -0.05) is 31.2 Å². The summed E-state index contributed by atoms with van der Waals surface area (Å²) < 4.78 is 26.7. The van der Waals surface area contributed by atoms with Gasteiger partial charge in [-0.3, -0.25) is 9.59 Å². The Morgan fingerprint density at radius 1 is 0.857 bits per heavy atom. The Labute approximate surface area is 202 Å². The third-order valence-corrected chi connectivity index (χ3v) is 5.98. The number of nitrogens with zero attached hydrogens (tertiary/aromatic N) is 2. The van der Waals surface area contributed by atoms with Gasteiger partial charge in [-0.15, -0.1) is 0 Å². The molecule has 1 aliphatic heterocycles. The third kappa shape index (κ3) is 5.54. The summed E-state index contributed by atoms with van der Waals surface area (Å²) in [6.45, 7) is 2.18. The van der Waals surface area contributed by atoms with E-state index in [1.807, 2.05) is 19.1 Å². The van der Waals surface area contributed by atoms with E-state index in [-0.39, 0.29) is 24.5 Å². The van der Waals surface area contributed by atoms with Gasteiger partial charge >= 0.3 is 6.03 Å². The van der Waals surface area contributed by atoms with Gasteiger partial charge < -0.3 is 10.2 Å². The Bertz CT molecular complexity index is 1210. The van der Waals surface area contributed by atoms with Crippen molar-refractivity contribution in [1.29, 1.82) is 0 Å². The molecule has 1 unspecified atom stereocenters. The molecule has 180 valence electrons. The van der Waals surface area contributed by atoms with E-state index in [4.69, 9.17) is 0 Å². The second-order valence-electron chi connectivity index (χ2n) is 8.32. The third-order valence-electron chi connectivity index (χ3n) is 5.98. The number of benzene rings is 3. The quantitative estimate of drug-likeness (QED) is 0.468. The minimum Gasteiger partial charge on any atom is -0.326 e. The number of carbonyl (C=O) groups is 3. The number of amides is 4. The van der Waals surface area contributed by atoms with Crippen molar-refractivity contribution in [2.75, 3.05) is 16.8 Å². The molecule has 0 spiro atoms. The molecule has 1 atom stereocenters. The molecule has 3 aromatic rings. The monoisotopic (exact) mass is 477 g/mol. The van der Waals surface area contributed by atoms with Gasteiger partial charge in [0.15, 0.2) is 0 Å². The fourth-order valence-electron chi connectivity index (χ4n) is 4.03. The Kier molecular flexibility index (Phi) is 7.19. The first-order chi connectivity index (χ1) is 16.9. The lowest BCUT2D eigenvalue weighted by Gasteiger charge is -2.21. The second-order valence-corrected chi connectivity index (χ2v) is 8.32. The van der Waals surface area contributed by atoms with Gasteiger partial charge in [-0.2, -0.15) is 0 Å². The van der Waals surface area contributed by atoms with Crippen LogP contribution in [0.2, 0.25) is 0 Å². The molecule has 1 saturated heterocycles. The molecule has 35 heavy (non-hydrogen) atoms. The highest BCUT2D eigenvalue weighted by molar-refractivity contribution is 6.22. The van der Waals surface area contributed by atoms with E-state index < -0.39 is 29.7 Å². The minimum atomic E-state index is -1.03. The summed E-state index contributed by atoms with van der Waals surface area (Å²) >= 11 is 0. The first-order valence-corrected chi connectivity index (χ1v) is 11.4. The molecule has 1 aliphatic rings. The lowest BCUT2D eigenvalue weighted by molar-refractivity contribution is -0.124. The number of aryl methyl sites for hydroxylation is 1. The van der Waals surface area contributed by atoms with Crippen LogP contribution >= 0.6 is 0 Å². The second kappa shape index (κ2) is 10.5. The molecule has 4 rings (SSSR count). The molecule has 1 fully saturated rings. The molecule has 6 nitrogen and oxygen atoms in total. The van der Waals surface area contributed by atoms with E-state index in [0.717, 1.165) is 22.4 Å². The lowest BCUT2D eigenvalue weighted by Crippen LogP contribution is -2.39. The molecule has 3 aromatic carbocycles. The fraction of sp³-hybridized carbons (Fsp3) is 0.222. The van der Waals surface area contributed by atoms with Crippen molar-refractivity contribution in [3.05, 3.63) is 95.6 Å². The number of hydrogen-bond acceptors (Lipinski definition) is 3. The SMILES string of the molecule is CCc1ccc(NC(=O)CC2C(=O)N(c3ccc(F)cc3)C(=O)N2CCc2ccc(F)cc2)cc1. The lowest BCUT2D eigenvalue weighted by atomic mass is 10.1. The van der Waals surface area contributed by atoms with Crippen LogP contribution in [0, 0.1) is 11.6 Å². The van der Waals surface area contributed by atoms with Crippen molar-refractivity contribution in [1.82, 2.24) is 4.90 Å². The maximum atomic E-state index is 13.4. The van der Waals surface area contributed by atoms with Crippen LogP contribution in [0.25, 0.3) is 0 Å². The summed E-state index contributed by atoms with van der Waals surface area (Å²) in [6, 6.07) is 16.7. The Balaban J connectivity index is 1.54. The highest BCUT2D eigenvalue weighted by Gasteiger charge is 2.46. The fourth-order valence-corrected chi connectivity index (χ4v) is 4.03. The number of hydrogen-bond donors (Lipinski definition) is 1. The summed E-state index contributed by atoms with van der Waals surface area (Å²) in [6.07, 6.45) is 1.00. The van der Waals surface area contributed by atoms with Crippen LogP contribution in [0.5, 0.6) is 0 Å². The molecule has 0 saturated carbocycles. The predicted molar refractivity (Wildman–Crippen MR) is 129 cm³/mol. The number of imide groups is 1. The summed E-state index contributed by atoms with van der Waals surface area (Å²) in [5.41, 5.74) is 2.73. The van der Waals surface area contributed by atoms with Crippen molar-refractivity contribution >= 4 is 29.2 Å². The van der Waals surface area contributed by atoms with Crippen LogP contribution in [0.4, 0.5) is 25.0 Å². The van der Waals surface area contributed by atoms with Gasteiger partial charge in [0.05, 0.1) is 12.1 Å². The van der Waals surface area contributed by atoms with Gasteiger partial charge in [0.2, 0.25) is 5.91 Å². The molecule has 0 aliphatic carbocycles. The summed E-state index contributed by atoms with van der Waals surface area (Å²) in [7, 11) is 0. The number of carbonyl (C=O) groups excluding carboxylic acids is 3. The Morgan fingerprint density at radius 3 is 2.03 bits per heavy atom. The van der Waals surface area contributed by atoms with E-state index >= 15 is 0 Å². The van der Waals surface area contributed by atoms with Crippen molar-refractivity contribution in [3.63, 3.8) is 0 Å². The largest absolute Gasteiger partial charge is 0.332 e. The highest BCUT2D eigenvalue weighted by atomic mass is 19.1. The van der Waals surface area contributed by atoms with Gasteiger partial charge in [-0.25, -0.2) is 18.5 Å². The van der Waals surface area contributed by atoms with Crippen LogP contribution in [-0.2, 0) is 22.4 Å². The van der Waals surface area contributed by atoms with Crippen molar-refractivity contribution in [2.24, 2.45) is 0 Å². The maximum Gasteiger partial charge on any atom is 0.332 e. The number of urea groups is 1. The predicted octanol–water partition coefficient (Wildman–Crippen LogP) is 4.94. The highest BCUT2D eigenvalue weighted by Crippen LogP contribution is 2.28. The molecule has 4 amide bonds. The smallest absolute Gasteiger partial charge is 0.326 e. The van der Waals surface area contributed by atoms with Gasteiger partial charge in [-0.05, 0) is 72.5 Å². The Morgan fingerprint density at radius 2 is 1.43 bits per heavy atom. The van der Waals surface area contributed by atoms with E-state index in [0.29, 0.717) is 12.1 Å². The number of halogens is 2. The topological polar surface area (TPSA) is 69.7 Å². The van der Waals surface area contributed by atoms with Crippen molar-refractivity contribution in [3.8, 4) is 0 Å². The number of rotatable bonds is 8. The van der Waals surface area contributed by atoms with Gasteiger partial charge in [0.1, 0.15) is 17.7 Å². The van der Waals surface area contributed by atoms with Crippen LogP contribution < -0.4 is 10.2 Å². The zero-order chi connectivity index (χ0) is 24.9. The summed E-state index contributed by atoms with van der Waals surface area (Å²) in [5.74, 6) is -1.83. The van der Waals surface area contributed by atoms with Crippen molar-refractivity contribution in [2.45, 2.75) is 32.2 Å². The number of nitrogens with one attached hydrogen (secondary N) is 1. The van der Waals surface area contributed by atoms with Crippen LogP contribution in [0.1, 0.15) is 24.5 Å². The van der Waals surface area contributed by atoms with Crippen LogP contribution in [0.3, 0.4) is 0 Å². The van der Waals surface area contributed by atoms with Gasteiger partial charge in [0.25, 0.3) is 5.91 Å². The average Bonchev–Trinajstić information content (AvgIpc) is 3.08. The minimum absolute atomic E-state index is 0.150. The number of anilines is 2. The zero-order valence-corrected chi connectivity index (χ0v) is 19.2. The van der Waals surface area contributed by atoms with Gasteiger partial charge in [0, 0.05) is 12.2 Å². The summed E-state index contributed by atoms with van der Waals surface area (Å²) in [5, 5.41) is 2.78. The summed E-state index contributed by atoms with van der Waals surface area (Å²) in [4.78, 5) is 41.6. The van der Waals surface area contributed by atoms with E-state index in [1.165, 1.54) is 41.3 Å². The first-order valence-electron chi connectivity index (χ1n) is 11.4. The molecule has 8 heteroatoms. The molecular formula is C27H25F2N3O3.